The third-order valence-corrected chi connectivity index (χ3v) is 4.61. The van der Waals surface area contributed by atoms with Crippen LogP contribution in [-0.4, -0.2) is 48.5 Å². The fourth-order valence-corrected chi connectivity index (χ4v) is 3.35. The Morgan fingerprint density at radius 1 is 1.30 bits per heavy atom. The van der Waals surface area contributed by atoms with Crippen molar-refractivity contribution in [2.24, 2.45) is 0 Å². The van der Waals surface area contributed by atoms with E-state index in [1.807, 2.05) is 0 Å². The maximum absolute atomic E-state index is 12.4. The van der Waals surface area contributed by atoms with E-state index in [0.717, 1.165) is 12.0 Å². The molecule has 0 atom stereocenters. The van der Waals surface area contributed by atoms with Crippen molar-refractivity contribution in [3.63, 3.8) is 0 Å². The van der Waals surface area contributed by atoms with Crippen LogP contribution < -0.4 is 0 Å². The largest absolute Gasteiger partial charge is 0.465 e. The van der Waals surface area contributed by atoms with Crippen molar-refractivity contribution in [3.05, 3.63) is 40.3 Å². The molecule has 1 aromatic carbocycles. The zero-order valence-corrected chi connectivity index (χ0v) is 14.5. The summed E-state index contributed by atoms with van der Waals surface area (Å²) in [6.07, 6.45) is 2.51. The predicted octanol–water partition coefficient (Wildman–Crippen LogP) is 2.71. The van der Waals surface area contributed by atoms with E-state index in [9.17, 15) is 9.59 Å². The molecule has 0 aromatic heterocycles. The fourth-order valence-electron chi connectivity index (χ4n) is 2.04. The van der Waals surface area contributed by atoms with Gasteiger partial charge in [0, 0.05) is 20.3 Å². The summed E-state index contributed by atoms with van der Waals surface area (Å²) in [5.41, 5.74) is 1.30. The van der Waals surface area contributed by atoms with Crippen LogP contribution in [0.15, 0.2) is 29.2 Å². The summed E-state index contributed by atoms with van der Waals surface area (Å²) < 4.78 is 10.2. The number of carbonyl (C=O) groups excluding carboxylic acids is 2. The van der Waals surface area contributed by atoms with Gasteiger partial charge in [-0.05, 0) is 30.2 Å². The van der Waals surface area contributed by atoms with Crippen LogP contribution in [0, 0.1) is 0 Å². The van der Waals surface area contributed by atoms with E-state index in [2.05, 4.69) is 4.74 Å². The van der Waals surface area contributed by atoms with Gasteiger partial charge in [0.25, 0.3) is 5.91 Å². The number of methoxy groups -OCH3 is 2. The van der Waals surface area contributed by atoms with Crippen molar-refractivity contribution in [2.75, 3.05) is 27.4 Å². The van der Waals surface area contributed by atoms with Crippen LogP contribution in [0.1, 0.15) is 22.3 Å². The quantitative estimate of drug-likeness (QED) is 0.340. The topological polar surface area (TPSA) is 55.8 Å². The monoisotopic (exact) mass is 351 g/mol. The Balaban J connectivity index is 2.09. The standard InChI is InChI=1S/C16H17NO4S2/c1-20-9-3-8-17-14(18)13(23-16(17)22)10-11-4-6-12(7-5-11)15(19)21-2/h4-7,10H,3,8-9H2,1-2H3/b13-10-. The van der Waals surface area contributed by atoms with Crippen LogP contribution in [0.3, 0.4) is 0 Å². The molecule has 2 rings (SSSR count). The summed E-state index contributed by atoms with van der Waals surface area (Å²) in [4.78, 5) is 25.9. The molecule has 0 N–H and O–H groups in total. The molecule has 1 aromatic rings. The zero-order valence-electron chi connectivity index (χ0n) is 12.9. The van der Waals surface area contributed by atoms with Crippen molar-refractivity contribution < 1.29 is 19.1 Å². The smallest absolute Gasteiger partial charge is 0.337 e. The zero-order chi connectivity index (χ0) is 16.8. The van der Waals surface area contributed by atoms with Crippen LogP contribution >= 0.6 is 24.0 Å². The Hall–Kier alpha value is -1.70. The molecule has 1 saturated heterocycles. The molecule has 1 aliphatic rings. The third kappa shape index (κ3) is 4.40. The minimum absolute atomic E-state index is 0.0897. The second kappa shape index (κ2) is 8.24. The van der Waals surface area contributed by atoms with Gasteiger partial charge >= 0.3 is 5.97 Å². The average Bonchev–Trinajstić information content (AvgIpc) is 2.82. The van der Waals surface area contributed by atoms with Crippen LogP contribution in [0.4, 0.5) is 0 Å². The molecular weight excluding hydrogens is 334 g/mol. The summed E-state index contributed by atoms with van der Waals surface area (Å²) in [5.74, 6) is -0.478. The van der Waals surface area contributed by atoms with E-state index >= 15 is 0 Å². The van der Waals surface area contributed by atoms with Gasteiger partial charge in [0.2, 0.25) is 0 Å². The van der Waals surface area contributed by atoms with Gasteiger partial charge < -0.3 is 9.47 Å². The molecule has 0 bridgehead atoms. The lowest BCUT2D eigenvalue weighted by atomic mass is 10.1. The van der Waals surface area contributed by atoms with Crippen molar-refractivity contribution in [2.45, 2.75) is 6.42 Å². The fraction of sp³-hybridized carbons (Fsp3) is 0.312. The van der Waals surface area contributed by atoms with Gasteiger partial charge in [-0.2, -0.15) is 0 Å². The molecule has 1 amide bonds. The van der Waals surface area contributed by atoms with Crippen molar-refractivity contribution in [3.8, 4) is 0 Å². The molecule has 23 heavy (non-hydrogen) atoms. The minimum atomic E-state index is -0.388. The number of nitrogens with zero attached hydrogens (tertiary/aromatic N) is 1. The van der Waals surface area contributed by atoms with Crippen molar-refractivity contribution in [1.82, 2.24) is 4.90 Å². The molecule has 122 valence electrons. The Labute approximate surface area is 144 Å². The van der Waals surface area contributed by atoms with E-state index in [0.29, 0.717) is 27.9 Å². The molecule has 5 nitrogen and oxygen atoms in total. The van der Waals surface area contributed by atoms with Crippen LogP contribution in [0.25, 0.3) is 6.08 Å². The van der Waals surface area contributed by atoms with Crippen LogP contribution in [0.2, 0.25) is 0 Å². The van der Waals surface area contributed by atoms with Gasteiger partial charge in [-0.15, -0.1) is 0 Å². The number of benzene rings is 1. The van der Waals surface area contributed by atoms with Gasteiger partial charge in [-0.25, -0.2) is 4.79 Å². The highest BCUT2D eigenvalue weighted by Gasteiger charge is 2.31. The molecule has 0 unspecified atom stereocenters. The lowest BCUT2D eigenvalue weighted by Crippen LogP contribution is -2.29. The summed E-state index contributed by atoms with van der Waals surface area (Å²) in [6, 6.07) is 6.86. The highest BCUT2D eigenvalue weighted by atomic mass is 32.2. The average molecular weight is 351 g/mol. The number of thiocarbonyl (C=S) groups is 1. The molecule has 0 spiro atoms. The van der Waals surface area contributed by atoms with Gasteiger partial charge in [-0.3, -0.25) is 9.69 Å². The van der Waals surface area contributed by atoms with Crippen LogP contribution in [0.5, 0.6) is 0 Å². The molecule has 0 aliphatic carbocycles. The molecular formula is C16H17NO4S2. The number of carbonyl (C=O) groups is 2. The number of esters is 1. The summed E-state index contributed by atoms with van der Waals surface area (Å²) >= 11 is 6.54. The third-order valence-electron chi connectivity index (χ3n) is 3.23. The molecule has 1 aliphatic heterocycles. The van der Waals surface area contributed by atoms with Gasteiger partial charge in [0.1, 0.15) is 4.32 Å². The van der Waals surface area contributed by atoms with E-state index < -0.39 is 0 Å². The molecule has 1 fully saturated rings. The van der Waals surface area contributed by atoms with E-state index in [-0.39, 0.29) is 11.9 Å². The number of rotatable bonds is 6. The maximum atomic E-state index is 12.4. The lowest BCUT2D eigenvalue weighted by Gasteiger charge is -2.13. The molecule has 1 heterocycles. The Morgan fingerprint density at radius 2 is 2.00 bits per heavy atom. The first kappa shape index (κ1) is 17.7. The normalized spacial score (nSPS) is 16.3. The van der Waals surface area contributed by atoms with Gasteiger partial charge in [0.05, 0.1) is 17.6 Å². The molecule has 7 heteroatoms. The number of thioether (sulfide) groups is 1. The van der Waals surface area contributed by atoms with Crippen molar-refractivity contribution >= 4 is 46.3 Å². The lowest BCUT2D eigenvalue weighted by molar-refractivity contribution is -0.122. The maximum Gasteiger partial charge on any atom is 0.337 e. The molecule has 0 radical (unpaired) electrons. The van der Waals surface area contributed by atoms with Gasteiger partial charge in [0.15, 0.2) is 0 Å². The first-order valence-electron chi connectivity index (χ1n) is 6.99. The number of hydrogen-bond donors (Lipinski definition) is 0. The van der Waals surface area contributed by atoms with E-state index in [1.165, 1.54) is 18.9 Å². The summed E-state index contributed by atoms with van der Waals surface area (Å²) in [7, 11) is 2.97. The summed E-state index contributed by atoms with van der Waals surface area (Å²) in [6.45, 7) is 1.14. The summed E-state index contributed by atoms with van der Waals surface area (Å²) in [5, 5.41) is 0. The van der Waals surface area contributed by atoms with Crippen LogP contribution in [-0.2, 0) is 14.3 Å². The second-order valence-electron chi connectivity index (χ2n) is 4.79. The predicted molar refractivity (Wildman–Crippen MR) is 94.2 cm³/mol. The van der Waals surface area contributed by atoms with E-state index in [4.69, 9.17) is 17.0 Å². The Bertz CT molecular complexity index is 640. The van der Waals surface area contributed by atoms with E-state index in [1.54, 1.807) is 42.4 Å². The Morgan fingerprint density at radius 3 is 2.61 bits per heavy atom. The SMILES string of the molecule is COCCCN1C(=O)/C(=C/c2ccc(C(=O)OC)cc2)SC1=S. The number of ether oxygens (including phenoxy) is 2. The minimum Gasteiger partial charge on any atom is -0.465 e. The first-order chi connectivity index (χ1) is 11.1. The first-order valence-corrected chi connectivity index (χ1v) is 8.22. The number of hydrogen-bond acceptors (Lipinski definition) is 6. The Kier molecular flexibility index (Phi) is 6.32. The van der Waals surface area contributed by atoms with Gasteiger partial charge in [-0.1, -0.05) is 36.1 Å². The number of amides is 1. The second-order valence-corrected chi connectivity index (χ2v) is 6.47. The highest BCUT2D eigenvalue weighted by Crippen LogP contribution is 2.32. The molecule has 0 saturated carbocycles. The highest BCUT2D eigenvalue weighted by molar-refractivity contribution is 8.26. The van der Waals surface area contributed by atoms with Crippen molar-refractivity contribution in [1.29, 1.82) is 0 Å².